The Bertz CT molecular complexity index is 441. The molecule has 2 fully saturated rings. The summed E-state index contributed by atoms with van der Waals surface area (Å²) in [6.45, 7) is 5.81. The van der Waals surface area contributed by atoms with Crippen LogP contribution in [0.2, 0.25) is 0 Å². The molecule has 7 heteroatoms. The molecule has 0 radical (unpaired) electrons. The molecule has 0 aromatic heterocycles. The fourth-order valence-corrected chi connectivity index (χ4v) is 3.22. The molecular formula is C15H26F2N2O3. The number of nitrogens with two attached hydrogens (primary N) is 1. The molecule has 1 amide bonds. The Morgan fingerprint density at radius 3 is 2.23 bits per heavy atom. The number of rotatable bonds is 1. The molecule has 2 aliphatic rings. The summed E-state index contributed by atoms with van der Waals surface area (Å²) < 4.78 is 31.9. The number of nitrogens with zero attached hydrogens (tertiary/aromatic N) is 1. The first kappa shape index (κ1) is 17.4. The highest BCUT2D eigenvalue weighted by Crippen LogP contribution is 2.45. The van der Waals surface area contributed by atoms with Gasteiger partial charge in [-0.2, -0.15) is 0 Å². The van der Waals surface area contributed by atoms with E-state index in [-0.39, 0.29) is 32.2 Å². The van der Waals surface area contributed by atoms with Crippen molar-refractivity contribution in [1.29, 1.82) is 0 Å². The number of amides is 1. The minimum absolute atomic E-state index is 0.0430. The van der Waals surface area contributed by atoms with E-state index in [0.717, 1.165) is 0 Å². The summed E-state index contributed by atoms with van der Waals surface area (Å²) in [5, 5.41) is 10.8. The van der Waals surface area contributed by atoms with Gasteiger partial charge in [-0.15, -0.1) is 0 Å². The van der Waals surface area contributed by atoms with Crippen molar-refractivity contribution in [2.45, 2.75) is 75.5 Å². The van der Waals surface area contributed by atoms with Crippen molar-refractivity contribution in [2.24, 2.45) is 5.73 Å². The van der Waals surface area contributed by atoms with Gasteiger partial charge < -0.3 is 20.5 Å². The van der Waals surface area contributed by atoms with Crippen LogP contribution in [0.5, 0.6) is 0 Å². The number of halogens is 2. The predicted octanol–water partition coefficient (Wildman–Crippen LogP) is 2.27. The molecule has 0 spiro atoms. The lowest BCUT2D eigenvalue weighted by molar-refractivity contribution is -0.131. The zero-order chi connectivity index (χ0) is 16.8. The zero-order valence-corrected chi connectivity index (χ0v) is 13.5. The van der Waals surface area contributed by atoms with E-state index in [1.807, 2.05) is 0 Å². The molecule has 2 rings (SSSR count). The minimum Gasteiger partial charge on any atom is -0.444 e. The fourth-order valence-electron chi connectivity index (χ4n) is 3.22. The molecule has 0 bridgehead atoms. The second-order valence-electron chi connectivity index (χ2n) is 7.70. The number of alkyl halides is 2. The van der Waals surface area contributed by atoms with Gasteiger partial charge in [0.05, 0.1) is 11.1 Å². The van der Waals surface area contributed by atoms with E-state index in [9.17, 15) is 18.7 Å². The Balaban J connectivity index is 2.03. The monoisotopic (exact) mass is 320 g/mol. The Labute approximate surface area is 129 Å². The SMILES string of the molecule is CC(C)(C)OC(=O)N1CCC(N)(C2(O)CCC(F)(F)CC2)C1. The summed E-state index contributed by atoms with van der Waals surface area (Å²) in [5.74, 6) is -2.73. The third-order valence-electron chi connectivity index (χ3n) is 4.69. The summed E-state index contributed by atoms with van der Waals surface area (Å²) in [5.41, 5.74) is 3.28. The van der Waals surface area contributed by atoms with Crippen LogP contribution in [0.15, 0.2) is 0 Å². The molecule has 22 heavy (non-hydrogen) atoms. The average molecular weight is 320 g/mol. The molecule has 3 N–H and O–H groups in total. The third-order valence-corrected chi connectivity index (χ3v) is 4.69. The van der Waals surface area contributed by atoms with E-state index in [0.29, 0.717) is 13.0 Å². The van der Waals surface area contributed by atoms with Crippen LogP contribution in [-0.2, 0) is 4.74 Å². The van der Waals surface area contributed by atoms with Gasteiger partial charge in [0.15, 0.2) is 0 Å². The standard InChI is InChI=1S/C15H26F2N2O3/c1-12(2,3)22-11(20)19-9-8-13(18,10-19)14(21)4-6-15(16,17)7-5-14/h21H,4-10,18H2,1-3H3. The van der Waals surface area contributed by atoms with Crippen LogP contribution in [-0.4, -0.2) is 51.9 Å². The van der Waals surface area contributed by atoms with E-state index in [4.69, 9.17) is 10.5 Å². The first-order chi connectivity index (χ1) is 9.86. The lowest BCUT2D eigenvalue weighted by atomic mass is 9.69. The number of likely N-dealkylation sites (tertiary alicyclic amines) is 1. The highest BCUT2D eigenvalue weighted by molar-refractivity contribution is 5.68. The van der Waals surface area contributed by atoms with E-state index < -0.39 is 28.8 Å². The molecule has 128 valence electrons. The maximum Gasteiger partial charge on any atom is 0.410 e. The van der Waals surface area contributed by atoms with E-state index >= 15 is 0 Å². The molecule has 1 heterocycles. The van der Waals surface area contributed by atoms with Crippen LogP contribution < -0.4 is 5.73 Å². The number of carbonyl (C=O) groups is 1. The van der Waals surface area contributed by atoms with Crippen molar-refractivity contribution in [3.8, 4) is 0 Å². The van der Waals surface area contributed by atoms with Crippen LogP contribution >= 0.6 is 0 Å². The largest absolute Gasteiger partial charge is 0.444 e. The second-order valence-corrected chi connectivity index (χ2v) is 7.70. The number of hydrogen-bond donors (Lipinski definition) is 2. The van der Waals surface area contributed by atoms with Crippen molar-refractivity contribution in [3.05, 3.63) is 0 Å². The van der Waals surface area contributed by atoms with Crippen molar-refractivity contribution in [1.82, 2.24) is 4.90 Å². The summed E-state index contributed by atoms with van der Waals surface area (Å²) in [6.07, 6.45) is -0.917. The molecule has 1 aliphatic carbocycles. The molecule has 5 nitrogen and oxygen atoms in total. The number of hydrogen-bond acceptors (Lipinski definition) is 4. The molecular weight excluding hydrogens is 294 g/mol. The maximum atomic E-state index is 13.3. The molecule has 1 saturated carbocycles. The Kier molecular flexibility index (Phi) is 4.19. The van der Waals surface area contributed by atoms with E-state index in [2.05, 4.69) is 0 Å². The molecule has 1 aliphatic heterocycles. The smallest absolute Gasteiger partial charge is 0.410 e. The van der Waals surface area contributed by atoms with Crippen LogP contribution in [0.4, 0.5) is 13.6 Å². The lowest BCUT2D eigenvalue weighted by Crippen LogP contribution is -2.64. The zero-order valence-electron chi connectivity index (χ0n) is 13.5. The highest BCUT2D eigenvalue weighted by atomic mass is 19.3. The molecule has 0 aromatic rings. The minimum atomic E-state index is -2.73. The molecule has 1 unspecified atom stereocenters. The van der Waals surface area contributed by atoms with Crippen molar-refractivity contribution >= 4 is 6.09 Å². The normalized spacial score (nSPS) is 31.1. The topological polar surface area (TPSA) is 75.8 Å². The summed E-state index contributed by atoms with van der Waals surface area (Å²) >= 11 is 0. The van der Waals surface area contributed by atoms with Gasteiger partial charge in [0.25, 0.3) is 0 Å². The highest BCUT2D eigenvalue weighted by Gasteiger charge is 2.56. The quantitative estimate of drug-likeness (QED) is 0.777. The van der Waals surface area contributed by atoms with Gasteiger partial charge in [-0.3, -0.25) is 0 Å². The van der Waals surface area contributed by atoms with E-state index in [1.54, 1.807) is 20.8 Å². The fraction of sp³-hybridized carbons (Fsp3) is 0.933. The Morgan fingerprint density at radius 1 is 1.18 bits per heavy atom. The number of carbonyl (C=O) groups excluding carboxylic acids is 1. The second kappa shape index (κ2) is 5.30. The van der Waals surface area contributed by atoms with Crippen LogP contribution in [0, 0.1) is 0 Å². The molecule has 0 aromatic carbocycles. The van der Waals surface area contributed by atoms with Crippen LogP contribution in [0.25, 0.3) is 0 Å². The van der Waals surface area contributed by atoms with Gasteiger partial charge in [0.2, 0.25) is 5.92 Å². The van der Waals surface area contributed by atoms with Gasteiger partial charge in [0, 0.05) is 25.9 Å². The van der Waals surface area contributed by atoms with Crippen molar-refractivity contribution in [3.63, 3.8) is 0 Å². The maximum absolute atomic E-state index is 13.3. The molecule has 1 atom stereocenters. The summed E-state index contributed by atoms with van der Waals surface area (Å²) in [6, 6.07) is 0. The average Bonchev–Trinajstić information content (AvgIpc) is 2.76. The summed E-state index contributed by atoms with van der Waals surface area (Å²) in [4.78, 5) is 13.5. The first-order valence-electron chi connectivity index (χ1n) is 7.73. The van der Waals surface area contributed by atoms with Gasteiger partial charge in [-0.25, -0.2) is 13.6 Å². The van der Waals surface area contributed by atoms with Crippen LogP contribution in [0.3, 0.4) is 0 Å². The van der Waals surface area contributed by atoms with Crippen molar-refractivity contribution in [2.75, 3.05) is 13.1 Å². The Morgan fingerprint density at radius 2 is 1.73 bits per heavy atom. The first-order valence-corrected chi connectivity index (χ1v) is 7.73. The van der Waals surface area contributed by atoms with Crippen LogP contribution in [0.1, 0.15) is 52.9 Å². The third kappa shape index (κ3) is 3.51. The number of aliphatic hydroxyl groups is 1. The predicted molar refractivity (Wildman–Crippen MR) is 77.7 cm³/mol. The van der Waals surface area contributed by atoms with E-state index in [1.165, 1.54) is 4.90 Å². The number of ether oxygens (including phenoxy) is 1. The lowest BCUT2D eigenvalue weighted by Gasteiger charge is -2.46. The van der Waals surface area contributed by atoms with Gasteiger partial charge >= 0.3 is 6.09 Å². The Hall–Kier alpha value is -0.950. The summed E-state index contributed by atoms with van der Waals surface area (Å²) in [7, 11) is 0. The van der Waals surface area contributed by atoms with Gasteiger partial charge in [-0.1, -0.05) is 0 Å². The van der Waals surface area contributed by atoms with Gasteiger partial charge in [0.1, 0.15) is 5.60 Å². The van der Waals surface area contributed by atoms with Crippen molar-refractivity contribution < 1.29 is 23.4 Å². The van der Waals surface area contributed by atoms with Gasteiger partial charge in [-0.05, 0) is 40.0 Å². The molecule has 1 saturated heterocycles.